The fraction of sp³-hybridized carbons (Fsp3) is 0.0588. The minimum Gasteiger partial charge on any atom is -0.454 e. The number of nitrogens with zero attached hydrogens (tertiary/aromatic N) is 2. The van der Waals surface area contributed by atoms with Gasteiger partial charge in [0, 0.05) is 53.9 Å². The molecule has 0 atom stereocenters. The van der Waals surface area contributed by atoms with E-state index in [1.165, 1.54) is 16.3 Å². The zero-order chi connectivity index (χ0) is 48.8. The molecule has 0 spiro atoms. The predicted octanol–water partition coefficient (Wildman–Crippen LogP) is 20.4. The third kappa shape index (κ3) is 5.70. The van der Waals surface area contributed by atoms with Crippen molar-refractivity contribution in [3.63, 3.8) is 0 Å². The number of furan rings is 4. The fourth-order valence-corrected chi connectivity index (χ4v) is 12.4. The number of rotatable bonds is 8. The summed E-state index contributed by atoms with van der Waals surface area (Å²) >= 11 is 0. The molecule has 0 N–H and O–H groups in total. The maximum atomic E-state index is 7.13. The van der Waals surface area contributed by atoms with Crippen molar-refractivity contribution in [1.82, 2.24) is 0 Å². The van der Waals surface area contributed by atoms with E-state index in [4.69, 9.17) is 17.7 Å². The maximum absolute atomic E-state index is 7.13. The van der Waals surface area contributed by atoms with E-state index in [9.17, 15) is 0 Å². The van der Waals surface area contributed by atoms with Gasteiger partial charge in [-0.15, -0.1) is 0 Å². The van der Waals surface area contributed by atoms with Gasteiger partial charge in [-0.3, -0.25) is 0 Å². The molecule has 6 heteroatoms. The van der Waals surface area contributed by atoms with Gasteiger partial charge < -0.3 is 27.5 Å². The summed E-state index contributed by atoms with van der Waals surface area (Å²) in [6.45, 7) is 4.34. The maximum Gasteiger partial charge on any atom is 0.159 e. The molecule has 0 unspecified atom stereocenters. The van der Waals surface area contributed by atoms with Gasteiger partial charge >= 0.3 is 0 Å². The van der Waals surface area contributed by atoms with Gasteiger partial charge in [0.1, 0.15) is 22.3 Å². The molecule has 0 radical (unpaired) electrons. The highest BCUT2D eigenvalue weighted by Crippen LogP contribution is 2.53. The zero-order valence-electron chi connectivity index (χ0n) is 40.6. The molecule has 4 aromatic heterocycles. The highest BCUT2D eigenvalue weighted by atomic mass is 16.3. The first kappa shape index (κ1) is 41.1. The number of hydrogen-bond donors (Lipinski definition) is 0. The molecule has 0 amide bonds. The second-order valence-electron chi connectivity index (χ2n) is 19.8. The average Bonchev–Trinajstić information content (AvgIpc) is 4.24. The van der Waals surface area contributed by atoms with E-state index in [0.717, 1.165) is 162 Å². The van der Waals surface area contributed by atoms with Crippen LogP contribution in [0.25, 0.3) is 120 Å². The molecule has 0 saturated heterocycles. The van der Waals surface area contributed by atoms with Crippen molar-refractivity contribution < 1.29 is 17.7 Å². The molecule has 4 heterocycles. The molecule has 0 aliphatic rings. The molecular formula is C68H44N2O4. The van der Waals surface area contributed by atoms with Crippen molar-refractivity contribution in [2.75, 3.05) is 9.80 Å². The van der Waals surface area contributed by atoms with Crippen molar-refractivity contribution in [3.8, 4) is 0 Å². The Morgan fingerprint density at radius 1 is 0.297 bits per heavy atom. The Labute approximate surface area is 423 Å². The number of aryl methyl sites for hydroxylation is 2. The van der Waals surface area contributed by atoms with Gasteiger partial charge in [-0.2, -0.15) is 0 Å². The van der Waals surface area contributed by atoms with Crippen LogP contribution in [-0.4, -0.2) is 0 Å². The Balaban J connectivity index is 0.993. The lowest BCUT2D eigenvalue weighted by Crippen LogP contribution is -2.12. The Kier molecular flexibility index (Phi) is 8.61. The van der Waals surface area contributed by atoms with Gasteiger partial charge in [0.05, 0.1) is 34.1 Å². The summed E-state index contributed by atoms with van der Waals surface area (Å²) in [4.78, 5) is 4.74. The Morgan fingerprint density at radius 2 is 0.676 bits per heavy atom. The molecule has 6 nitrogen and oxygen atoms in total. The minimum atomic E-state index is 0.808. The highest BCUT2D eigenvalue weighted by molar-refractivity contribution is 6.29. The smallest absolute Gasteiger partial charge is 0.159 e. The highest BCUT2D eigenvalue weighted by Gasteiger charge is 2.29. The lowest BCUT2D eigenvalue weighted by atomic mass is 9.91. The lowest BCUT2D eigenvalue weighted by molar-refractivity contribution is 0.660. The largest absolute Gasteiger partial charge is 0.454 e. The monoisotopic (exact) mass is 952 g/mol. The predicted molar refractivity (Wildman–Crippen MR) is 307 cm³/mol. The van der Waals surface area contributed by atoms with Crippen molar-refractivity contribution in [1.29, 1.82) is 0 Å². The number of hydrogen-bond acceptors (Lipinski definition) is 6. The molecule has 0 aliphatic carbocycles. The Morgan fingerprint density at radius 3 is 1.18 bits per heavy atom. The summed E-state index contributed by atoms with van der Waals surface area (Å²) in [7, 11) is 0. The molecule has 350 valence electrons. The van der Waals surface area contributed by atoms with E-state index in [2.05, 4.69) is 218 Å². The van der Waals surface area contributed by atoms with Crippen molar-refractivity contribution in [3.05, 3.63) is 217 Å². The van der Waals surface area contributed by atoms with Crippen LogP contribution in [0.1, 0.15) is 24.5 Å². The molecule has 74 heavy (non-hydrogen) atoms. The van der Waals surface area contributed by atoms with Crippen LogP contribution < -0.4 is 9.80 Å². The van der Waals surface area contributed by atoms with Gasteiger partial charge in [0.2, 0.25) is 0 Å². The molecular weight excluding hydrogens is 909 g/mol. The number of benzene rings is 12. The average molecular weight is 953 g/mol. The third-order valence-electron chi connectivity index (χ3n) is 15.6. The van der Waals surface area contributed by atoms with E-state index >= 15 is 0 Å². The number of anilines is 6. The van der Waals surface area contributed by atoms with Gasteiger partial charge in [-0.05, 0) is 94.5 Å². The van der Waals surface area contributed by atoms with Crippen LogP contribution in [0.5, 0.6) is 0 Å². The SMILES string of the molecule is CCCc1cccc2c1oc1c(N(c3ccc4ccc5c(N(c6cccc7c6oc6ccccc67)c6cccc7c6oc6c(C)cccc67)ccc6ccc3c4c65)c3cccc4c3oc3ccccc34)cccc12. The Bertz CT molecular complexity index is 4970. The number of fused-ring (bicyclic) bond motifs is 12. The summed E-state index contributed by atoms with van der Waals surface area (Å²) in [5.74, 6) is 0. The van der Waals surface area contributed by atoms with Crippen LogP contribution in [-0.2, 0) is 6.42 Å². The van der Waals surface area contributed by atoms with Crippen LogP contribution in [0, 0.1) is 6.92 Å². The normalized spacial score (nSPS) is 12.3. The van der Waals surface area contributed by atoms with E-state index in [1.807, 2.05) is 12.1 Å². The van der Waals surface area contributed by atoms with Gasteiger partial charge in [-0.25, -0.2) is 0 Å². The summed E-state index contributed by atoms with van der Waals surface area (Å²) < 4.78 is 27.9. The van der Waals surface area contributed by atoms with E-state index in [1.54, 1.807) is 0 Å². The Hall–Kier alpha value is -9.52. The van der Waals surface area contributed by atoms with E-state index in [0.29, 0.717) is 0 Å². The van der Waals surface area contributed by atoms with E-state index in [-0.39, 0.29) is 0 Å². The molecule has 0 saturated carbocycles. The third-order valence-corrected chi connectivity index (χ3v) is 15.6. The quantitative estimate of drug-likeness (QED) is 0.141. The first-order valence-electron chi connectivity index (χ1n) is 25.5. The summed E-state index contributed by atoms with van der Waals surface area (Å²) in [5, 5.41) is 15.4. The first-order chi connectivity index (χ1) is 36.6. The van der Waals surface area contributed by atoms with Gasteiger partial charge in [0.15, 0.2) is 22.3 Å². The summed E-state index contributed by atoms with van der Waals surface area (Å²) in [6, 6.07) is 73.8. The second kappa shape index (κ2) is 15.5. The van der Waals surface area contributed by atoms with Crippen LogP contribution in [0.2, 0.25) is 0 Å². The second-order valence-corrected chi connectivity index (χ2v) is 19.8. The molecule has 16 rings (SSSR count). The molecule has 0 aliphatic heterocycles. The topological polar surface area (TPSA) is 59.0 Å². The van der Waals surface area contributed by atoms with E-state index < -0.39 is 0 Å². The van der Waals surface area contributed by atoms with Gasteiger partial charge in [-0.1, -0.05) is 171 Å². The van der Waals surface area contributed by atoms with Crippen LogP contribution in [0.15, 0.2) is 224 Å². The number of para-hydroxylation sites is 8. The van der Waals surface area contributed by atoms with Crippen LogP contribution in [0.3, 0.4) is 0 Å². The standard InChI is InChI=1S/C68H44N2O4/c1-3-14-42-16-9-20-48-50-24-13-28-58(68(50)74-64(42)48)70(56-26-11-22-46-44-18-5-7-30-60(44)72-66(46)56)54-38-34-41-31-35-51-53(37-33-40-32-36-52(54)62(41)61(40)51)69(55-25-10-21-45-43-17-4-6-29-59(43)71-65(45)55)57-27-12-23-49-47-19-8-15-39(2)63(47)73-67(49)57/h4-13,15-38H,3,14H2,1-2H3. The molecule has 0 bridgehead atoms. The summed E-state index contributed by atoms with van der Waals surface area (Å²) in [6.07, 6.45) is 1.96. The summed E-state index contributed by atoms with van der Waals surface area (Å²) in [5.41, 5.74) is 14.8. The fourth-order valence-electron chi connectivity index (χ4n) is 12.4. The van der Waals surface area contributed by atoms with Crippen LogP contribution in [0.4, 0.5) is 34.1 Å². The molecule has 12 aromatic carbocycles. The van der Waals surface area contributed by atoms with Gasteiger partial charge in [0.25, 0.3) is 0 Å². The van der Waals surface area contributed by atoms with Crippen molar-refractivity contribution in [2.45, 2.75) is 26.7 Å². The first-order valence-corrected chi connectivity index (χ1v) is 25.5. The van der Waals surface area contributed by atoms with Crippen molar-refractivity contribution >= 4 is 154 Å². The van der Waals surface area contributed by atoms with Crippen molar-refractivity contribution in [2.24, 2.45) is 0 Å². The molecule has 0 fully saturated rings. The minimum absolute atomic E-state index is 0.808. The van der Waals surface area contributed by atoms with Crippen LogP contribution >= 0.6 is 0 Å². The molecule has 16 aromatic rings. The lowest BCUT2D eigenvalue weighted by Gasteiger charge is -2.29. The zero-order valence-corrected chi connectivity index (χ0v) is 40.6.